The number of hydrogen-bond acceptors (Lipinski definition) is 3. The maximum absolute atomic E-state index is 14.1. The Morgan fingerprint density at radius 1 is 1.00 bits per heavy atom. The summed E-state index contributed by atoms with van der Waals surface area (Å²) in [6, 6.07) is 2.81. The summed E-state index contributed by atoms with van der Waals surface area (Å²) in [6.07, 6.45) is 0. The zero-order chi connectivity index (χ0) is 18.4. The van der Waals surface area contributed by atoms with Crippen molar-refractivity contribution in [1.82, 2.24) is 4.98 Å². The van der Waals surface area contributed by atoms with Crippen molar-refractivity contribution in [2.75, 3.05) is 5.32 Å². The van der Waals surface area contributed by atoms with Crippen molar-refractivity contribution < 1.29 is 31.1 Å². The molecule has 3 nitrogen and oxygen atoms in total. The fourth-order valence-electron chi connectivity index (χ4n) is 2.02. The number of halogens is 6. The molecule has 0 saturated heterocycles. The molecular formula is C15H6F6N2OS. The van der Waals surface area contributed by atoms with Gasteiger partial charge < -0.3 is 0 Å². The van der Waals surface area contributed by atoms with Crippen molar-refractivity contribution in [2.24, 2.45) is 0 Å². The number of fused-ring (bicyclic) bond motifs is 1. The molecule has 3 rings (SSSR count). The van der Waals surface area contributed by atoms with Crippen LogP contribution >= 0.6 is 11.3 Å². The van der Waals surface area contributed by atoms with Gasteiger partial charge in [-0.15, -0.1) is 0 Å². The van der Waals surface area contributed by atoms with Crippen LogP contribution in [0.2, 0.25) is 0 Å². The fraction of sp³-hybridized carbons (Fsp3) is 0.0667. The highest BCUT2D eigenvalue weighted by Gasteiger charge is 2.43. The minimum absolute atomic E-state index is 0.0459. The lowest BCUT2D eigenvalue weighted by molar-refractivity contribution is -0.141. The number of rotatable bonds is 3. The molecule has 0 aliphatic carbocycles. The summed E-state index contributed by atoms with van der Waals surface area (Å²) in [7, 11) is 0. The first-order valence-corrected chi connectivity index (χ1v) is 7.40. The molecule has 130 valence electrons. The summed E-state index contributed by atoms with van der Waals surface area (Å²) in [6.45, 7) is 0. The lowest BCUT2D eigenvalue weighted by atomic mass is 10.1. The predicted octanol–water partition coefficient (Wildman–Crippen LogP) is 4.58. The van der Waals surface area contributed by atoms with Gasteiger partial charge in [0.05, 0.1) is 15.8 Å². The molecule has 1 amide bonds. The number of carbonyl (C=O) groups excluding carboxylic acids is 1. The number of nitrogens with one attached hydrogen (secondary N) is 1. The lowest BCUT2D eigenvalue weighted by Crippen LogP contribution is -2.33. The third-order valence-corrected chi connectivity index (χ3v) is 4.14. The summed E-state index contributed by atoms with van der Waals surface area (Å²) in [5.74, 6) is -11.2. The van der Waals surface area contributed by atoms with Gasteiger partial charge in [-0.25, -0.2) is 22.5 Å². The van der Waals surface area contributed by atoms with E-state index >= 15 is 0 Å². The van der Waals surface area contributed by atoms with Gasteiger partial charge in [-0.3, -0.25) is 10.1 Å². The van der Waals surface area contributed by atoms with E-state index in [1.54, 1.807) is 5.32 Å². The molecule has 0 aliphatic heterocycles. The standard InChI is InChI=1S/C15H6F6N2OS/c16-6-1-2-7(8(17)3-6)15(20,21)13(24)23-14-22-11-4-9(18)10(19)5-12(11)25-14/h1-5H,(H,22,23,24). The second kappa shape index (κ2) is 6.03. The number of aromatic nitrogens is 1. The number of amides is 1. The summed E-state index contributed by atoms with van der Waals surface area (Å²) >= 11 is 0.630. The van der Waals surface area contributed by atoms with E-state index in [1.165, 1.54) is 0 Å². The average molecular weight is 376 g/mol. The Hall–Kier alpha value is -2.62. The van der Waals surface area contributed by atoms with E-state index in [-0.39, 0.29) is 21.4 Å². The molecule has 0 spiro atoms. The zero-order valence-electron chi connectivity index (χ0n) is 11.9. The van der Waals surface area contributed by atoms with Crippen molar-refractivity contribution in [3.63, 3.8) is 0 Å². The van der Waals surface area contributed by atoms with E-state index in [2.05, 4.69) is 4.98 Å². The van der Waals surface area contributed by atoms with E-state index in [0.29, 0.717) is 23.5 Å². The van der Waals surface area contributed by atoms with E-state index < -0.39 is 40.7 Å². The predicted molar refractivity (Wildman–Crippen MR) is 78.4 cm³/mol. The van der Waals surface area contributed by atoms with Gasteiger partial charge in [0.25, 0.3) is 0 Å². The molecular weight excluding hydrogens is 370 g/mol. The second-order valence-corrected chi connectivity index (χ2v) is 5.94. The molecule has 0 aliphatic rings. The lowest BCUT2D eigenvalue weighted by Gasteiger charge is -2.16. The van der Waals surface area contributed by atoms with Crippen LogP contribution < -0.4 is 5.32 Å². The Bertz CT molecular complexity index is 949. The Labute approximate surface area is 139 Å². The van der Waals surface area contributed by atoms with Gasteiger partial charge in [-0.1, -0.05) is 11.3 Å². The molecule has 1 N–H and O–H groups in total. The number of hydrogen-bond donors (Lipinski definition) is 1. The van der Waals surface area contributed by atoms with Crippen LogP contribution in [0, 0.1) is 23.3 Å². The van der Waals surface area contributed by atoms with Gasteiger partial charge in [0.15, 0.2) is 16.8 Å². The van der Waals surface area contributed by atoms with E-state index in [4.69, 9.17) is 0 Å². The Morgan fingerprint density at radius 3 is 2.36 bits per heavy atom. The van der Waals surface area contributed by atoms with Gasteiger partial charge in [-0.2, -0.15) is 8.78 Å². The quantitative estimate of drug-likeness (QED) is 0.680. The number of thiazole rings is 1. The van der Waals surface area contributed by atoms with Crippen LogP contribution in [-0.2, 0) is 10.7 Å². The number of nitrogens with zero attached hydrogens (tertiary/aromatic N) is 1. The summed E-state index contributed by atoms with van der Waals surface area (Å²) in [5, 5.41) is 1.41. The summed E-state index contributed by atoms with van der Waals surface area (Å²) < 4.78 is 80.9. The van der Waals surface area contributed by atoms with Crippen LogP contribution in [-0.4, -0.2) is 10.9 Å². The zero-order valence-corrected chi connectivity index (χ0v) is 12.7. The second-order valence-electron chi connectivity index (χ2n) is 4.91. The Kier molecular flexibility index (Phi) is 4.15. The topological polar surface area (TPSA) is 42.0 Å². The van der Waals surface area contributed by atoms with E-state index in [1.807, 2.05) is 0 Å². The maximum Gasteiger partial charge on any atom is 0.352 e. The number of carbonyl (C=O) groups is 1. The van der Waals surface area contributed by atoms with Crippen LogP contribution in [0.15, 0.2) is 30.3 Å². The number of anilines is 1. The van der Waals surface area contributed by atoms with E-state index in [0.717, 1.165) is 12.1 Å². The third kappa shape index (κ3) is 3.16. The fourth-order valence-corrected chi connectivity index (χ4v) is 2.89. The van der Waals surface area contributed by atoms with Crippen molar-refractivity contribution in [1.29, 1.82) is 0 Å². The van der Waals surface area contributed by atoms with Crippen LogP contribution in [0.4, 0.5) is 31.5 Å². The molecule has 3 aromatic rings. The molecule has 2 aromatic carbocycles. The maximum atomic E-state index is 14.1. The summed E-state index contributed by atoms with van der Waals surface area (Å²) in [4.78, 5) is 15.5. The third-order valence-electron chi connectivity index (χ3n) is 3.21. The Morgan fingerprint density at radius 2 is 1.68 bits per heavy atom. The SMILES string of the molecule is O=C(Nc1nc2cc(F)c(F)cc2s1)C(F)(F)c1ccc(F)cc1F. The number of alkyl halides is 2. The molecule has 0 saturated carbocycles. The molecule has 25 heavy (non-hydrogen) atoms. The van der Waals surface area contributed by atoms with Gasteiger partial charge in [0.2, 0.25) is 0 Å². The van der Waals surface area contributed by atoms with Gasteiger partial charge in [0, 0.05) is 12.1 Å². The van der Waals surface area contributed by atoms with Crippen LogP contribution in [0.1, 0.15) is 5.56 Å². The van der Waals surface area contributed by atoms with Gasteiger partial charge in [0.1, 0.15) is 11.6 Å². The first kappa shape index (κ1) is 17.2. The van der Waals surface area contributed by atoms with Crippen molar-refractivity contribution in [2.45, 2.75) is 5.92 Å². The smallest absolute Gasteiger partial charge is 0.296 e. The van der Waals surface area contributed by atoms with Gasteiger partial charge >= 0.3 is 11.8 Å². The van der Waals surface area contributed by atoms with Crippen molar-refractivity contribution in [3.8, 4) is 0 Å². The van der Waals surface area contributed by atoms with Crippen LogP contribution in [0.3, 0.4) is 0 Å². The van der Waals surface area contributed by atoms with Crippen molar-refractivity contribution >= 4 is 32.6 Å². The monoisotopic (exact) mass is 376 g/mol. The number of benzene rings is 2. The molecule has 0 radical (unpaired) electrons. The Balaban J connectivity index is 1.90. The highest BCUT2D eigenvalue weighted by molar-refractivity contribution is 7.22. The van der Waals surface area contributed by atoms with Crippen LogP contribution in [0.5, 0.6) is 0 Å². The average Bonchev–Trinajstić information content (AvgIpc) is 2.88. The minimum atomic E-state index is -4.31. The minimum Gasteiger partial charge on any atom is -0.296 e. The highest BCUT2D eigenvalue weighted by atomic mass is 32.1. The molecule has 0 fully saturated rings. The summed E-state index contributed by atoms with van der Waals surface area (Å²) in [5.41, 5.74) is -1.36. The molecule has 0 bridgehead atoms. The molecule has 10 heteroatoms. The van der Waals surface area contributed by atoms with Crippen molar-refractivity contribution in [3.05, 3.63) is 59.2 Å². The van der Waals surface area contributed by atoms with E-state index in [9.17, 15) is 31.1 Å². The largest absolute Gasteiger partial charge is 0.352 e. The van der Waals surface area contributed by atoms with Crippen LogP contribution in [0.25, 0.3) is 10.2 Å². The molecule has 0 atom stereocenters. The first-order chi connectivity index (χ1) is 11.7. The first-order valence-electron chi connectivity index (χ1n) is 6.59. The molecule has 1 aromatic heterocycles. The molecule has 1 heterocycles. The van der Waals surface area contributed by atoms with Gasteiger partial charge in [-0.05, 0) is 18.2 Å². The highest BCUT2D eigenvalue weighted by Crippen LogP contribution is 2.34. The molecule has 0 unspecified atom stereocenters. The normalized spacial score (nSPS) is 11.8.